The van der Waals surface area contributed by atoms with Crippen LogP contribution in [0.5, 0.6) is 11.7 Å². The Labute approximate surface area is 89.9 Å². The van der Waals surface area contributed by atoms with Gasteiger partial charge in [0.05, 0.1) is 0 Å². The van der Waals surface area contributed by atoms with E-state index in [1.807, 2.05) is 0 Å². The van der Waals surface area contributed by atoms with Crippen molar-refractivity contribution >= 4 is 5.97 Å². The molecule has 4 nitrogen and oxygen atoms in total. The molecule has 0 fully saturated rings. The summed E-state index contributed by atoms with van der Waals surface area (Å²) >= 11 is 0. The molecule has 0 aliphatic heterocycles. The Morgan fingerprint density at radius 2 is 2.00 bits per heavy atom. The first-order valence-electron chi connectivity index (χ1n) is 4.42. The van der Waals surface area contributed by atoms with Crippen LogP contribution in [-0.2, 0) is 0 Å². The van der Waals surface area contributed by atoms with Crippen LogP contribution in [0.25, 0.3) is 0 Å². The number of carboxylic acid groups (broad SMARTS) is 1. The zero-order valence-corrected chi connectivity index (χ0v) is 8.01. The van der Waals surface area contributed by atoms with Crippen molar-refractivity contribution in [3.63, 3.8) is 0 Å². The maximum Gasteiger partial charge on any atom is 0.371 e. The first-order chi connectivity index (χ1) is 7.66. The van der Waals surface area contributed by atoms with Crippen LogP contribution in [0.1, 0.15) is 10.6 Å². The molecule has 0 bridgehead atoms. The fourth-order valence-electron chi connectivity index (χ4n) is 1.13. The van der Waals surface area contributed by atoms with E-state index in [0.717, 1.165) is 0 Å². The number of furan rings is 1. The molecular weight excluding hydrogens is 215 g/mol. The summed E-state index contributed by atoms with van der Waals surface area (Å²) in [6.07, 6.45) is 0. The zero-order chi connectivity index (χ0) is 11.5. The van der Waals surface area contributed by atoms with Crippen LogP contribution < -0.4 is 4.74 Å². The smallest absolute Gasteiger partial charge is 0.371 e. The fraction of sp³-hybridized carbons (Fsp3) is 0. The predicted octanol–water partition coefficient (Wildman–Crippen LogP) is 2.91. The monoisotopic (exact) mass is 222 g/mol. The number of para-hydroxylation sites is 1. The lowest BCUT2D eigenvalue weighted by Gasteiger charge is -2.01. The number of benzene rings is 1. The number of rotatable bonds is 3. The molecule has 1 aromatic carbocycles. The van der Waals surface area contributed by atoms with Gasteiger partial charge in [0.25, 0.3) is 5.95 Å². The molecule has 1 aromatic heterocycles. The number of halogens is 1. The van der Waals surface area contributed by atoms with Crippen molar-refractivity contribution in [3.05, 3.63) is 48.0 Å². The van der Waals surface area contributed by atoms with Crippen LogP contribution >= 0.6 is 0 Å². The second-order valence-corrected chi connectivity index (χ2v) is 2.96. The summed E-state index contributed by atoms with van der Waals surface area (Å²) in [4.78, 5) is 10.5. The maximum absolute atomic E-state index is 13.2. The van der Waals surface area contributed by atoms with Crippen molar-refractivity contribution in [2.45, 2.75) is 0 Å². The van der Waals surface area contributed by atoms with E-state index in [2.05, 4.69) is 0 Å². The lowest BCUT2D eigenvalue weighted by molar-refractivity contribution is 0.0657. The van der Waals surface area contributed by atoms with Crippen LogP contribution in [0.2, 0.25) is 0 Å². The van der Waals surface area contributed by atoms with Crippen molar-refractivity contribution in [2.75, 3.05) is 0 Å². The normalized spacial score (nSPS) is 10.1. The highest BCUT2D eigenvalue weighted by Crippen LogP contribution is 2.25. The highest BCUT2D eigenvalue weighted by atomic mass is 19.1. The van der Waals surface area contributed by atoms with E-state index in [0.29, 0.717) is 0 Å². The van der Waals surface area contributed by atoms with Gasteiger partial charge in [0.1, 0.15) is 0 Å². The van der Waals surface area contributed by atoms with E-state index in [9.17, 15) is 9.18 Å². The zero-order valence-electron chi connectivity index (χ0n) is 8.01. The van der Waals surface area contributed by atoms with E-state index in [-0.39, 0.29) is 17.5 Å². The highest BCUT2D eigenvalue weighted by molar-refractivity contribution is 5.84. The third kappa shape index (κ3) is 2.03. The summed E-state index contributed by atoms with van der Waals surface area (Å²) in [6, 6.07) is 8.32. The summed E-state index contributed by atoms with van der Waals surface area (Å²) in [5.74, 6) is -2.10. The van der Waals surface area contributed by atoms with Gasteiger partial charge in [-0.05, 0) is 18.2 Å². The average Bonchev–Trinajstić information content (AvgIpc) is 2.70. The molecule has 82 valence electrons. The van der Waals surface area contributed by atoms with Gasteiger partial charge in [0, 0.05) is 6.07 Å². The third-order valence-electron chi connectivity index (χ3n) is 1.84. The molecular formula is C11H7FO4. The van der Waals surface area contributed by atoms with Gasteiger partial charge in [0.2, 0.25) is 5.76 Å². The Morgan fingerprint density at radius 1 is 1.25 bits per heavy atom. The van der Waals surface area contributed by atoms with E-state index in [4.69, 9.17) is 14.3 Å². The predicted molar refractivity (Wildman–Crippen MR) is 52.1 cm³/mol. The molecule has 0 spiro atoms. The van der Waals surface area contributed by atoms with Crippen LogP contribution in [0.4, 0.5) is 4.39 Å². The minimum Gasteiger partial charge on any atom is -0.475 e. The Morgan fingerprint density at radius 3 is 2.62 bits per heavy atom. The minimum absolute atomic E-state index is 0.0196. The Hall–Kier alpha value is -2.30. The van der Waals surface area contributed by atoms with E-state index < -0.39 is 11.8 Å². The Kier molecular flexibility index (Phi) is 2.59. The molecule has 2 aromatic rings. The van der Waals surface area contributed by atoms with E-state index in [1.54, 1.807) is 6.07 Å². The number of hydrogen-bond acceptors (Lipinski definition) is 3. The standard InChI is InChI=1S/C11H7FO4/c12-7-3-1-2-4-8(7)15-10-6-5-9(16-10)11(13)14/h1-6H,(H,13,14). The summed E-state index contributed by atoms with van der Waals surface area (Å²) < 4.78 is 23.0. The van der Waals surface area contributed by atoms with Crippen molar-refractivity contribution in [2.24, 2.45) is 0 Å². The first-order valence-corrected chi connectivity index (χ1v) is 4.42. The molecule has 0 unspecified atom stereocenters. The molecule has 0 saturated carbocycles. The lowest BCUT2D eigenvalue weighted by Crippen LogP contribution is -1.91. The second-order valence-electron chi connectivity index (χ2n) is 2.96. The van der Waals surface area contributed by atoms with Crippen molar-refractivity contribution in [1.29, 1.82) is 0 Å². The number of carboxylic acids is 1. The molecule has 0 saturated heterocycles. The highest BCUT2D eigenvalue weighted by Gasteiger charge is 2.11. The largest absolute Gasteiger partial charge is 0.475 e. The van der Waals surface area contributed by atoms with Gasteiger partial charge in [-0.3, -0.25) is 0 Å². The summed E-state index contributed by atoms with van der Waals surface area (Å²) in [6.45, 7) is 0. The summed E-state index contributed by atoms with van der Waals surface area (Å²) in [5.41, 5.74) is 0. The molecule has 0 aliphatic rings. The lowest BCUT2D eigenvalue weighted by atomic mass is 10.3. The van der Waals surface area contributed by atoms with Gasteiger partial charge < -0.3 is 14.3 Å². The average molecular weight is 222 g/mol. The SMILES string of the molecule is O=C(O)c1ccc(Oc2ccccc2F)o1. The molecule has 2 rings (SSSR count). The molecule has 0 amide bonds. The molecule has 5 heteroatoms. The Bertz CT molecular complexity index is 518. The van der Waals surface area contributed by atoms with Gasteiger partial charge in [-0.25, -0.2) is 9.18 Å². The number of aromatic carboxylic acids is 1. The molecule has 1 N–H and O–H groups in total. The number of hydrogen-bond donors (Lipinski definition) is 1. The molecule has 0 atom stereocenters. The van der Waals surface area contributed by atoms with Gasteiger partial charge >= 0.3 is 5.97 Å². The molecule has 0 radical (unpaired) electrons. The van der Waals surface area contributed by atoms with Gasteiger partial charge in [0.15, 0.2) is 11.6 Å². The molecule has 0 aliphatic carbocycles. The van der Waals surface area contributed by atoms with Crippen LogP contribution in [0, 0.1) is 5.82 Å². The topological polar surface area (TPSA) is 59.7 Å². The third-order valence-corrected chi connectivity index (χ3v) is 1.84. The summed E-state index contributed by atoms with van der Waals surface area (Å²) in [5, 5.41) is 8.60. The molecule has 1 heterocycles. The Balaban J connectivity index is 2.21. The van der Waals surface area contributed by atoms with Gasteiger partial charge in [-0.2, -0.15) is 0 Å². The van der Waals surface area contributed by atoms with Crippen molar-refractivity contribution < 1.29 is 23.4 Å². The second kappa shape index (κ2) is 4.06. The summed E-state index contributed by atoms with van der Waals surface area (Å²) in [7, 11) is 0. The number of carbonyl (C=O) groups is 1. The van der Waals surface area contributed by atoms with Crippen LogP contribution in [0.15, 0.2) is 40.8 Å². The maximum atomic E-state index is 13.2. The quantitative estimate of drug-likeness (QED) is 0.867. The fourth-order valence-corrected chi connectivity index (χ4v) is 1.13. The first kappa shape index (κ1) is 10.2. The van der Waals surface area contributed by atoms with Crippen LogP contribution in [-0.4, -0.2) is 11.1 Å². The van der Waals surface area contributed by atoms with E-state index in [1.165, 1.54) is 30.3 Å². The van der Waals surface area contributed by atoms with E-state index >= 15 is 0 Å². The van der Waals surface area contributed by atoms with Crippen molar-refractivity contribution in [1.82, 2.24) is 0 Å². The van der Waals surface area contributed by atoms with Gasteiger partial charge in [-0.1, -0.05) is 12.1 Å². The van der Waals surface area contributed by atoms with Crippen molar-refractivity contribution in [3.8, 4) is 11.7 Å². The van der Waals surface area contributed by atoms with Crippen LogP contribution in [0.3, 0.4) is 0 Å². The van der Waals surface area contributed by atoms with Gasteiger partial charge in [-0.15, -0.1) is 0 Å². The minimum atomic E-state index is -1.21. The molecule has 16 heavy (non-hydrogen) atoms. The number of ether oxygens (including phenoxy) is 1.